The standard InChI is InChI=1S/C29H33N3O3/c1-32(2)15-7-14-30-21-12-13-28-20(16-21)17-22(35-28)18-31-29(33)34-19-27-25-10-5-3-8-23(25)24-9-4-6-11-26(24)27/h3-6,8-13,16,22,27,30H,7,14-15,17-19H2,1-2H3,(H,31,33). The highest BCUT2D eigenvalue weighted by Gasteiger charge is 2.29. The number of amides is 1. The molecule has 3 aromatic rings. The highest BCUT2D eigenvalue weighted by molar-refractivity contribution is 5.79. The zero-order chi connectivity index (χ0) is 24.2. The maximum Gasteiger partial charge on any atom is 0.407 e. The SMILES string of the molecule is CN(C)CCCNc1ccc2c(c1)CC(CNC(=O)OCC1c3ccccc3-c3ccccc31)O2. The summed E-state index contributed by atoms with van der Waals surface area (Å²) in [6.07, 6.45) is 1.36. The monoisotopic (exact) mass is 471 g/mol. The number of anilines is 1. The number of rotatable bonds is 9. The maximum atomic E-state index is 12.5. The van der Waals surface area contributed by atoms with Crippen molar-refractivity contribution in [1.82, 2.24) is 10.2 Å². The number of nitrogens with zero attached hydrogens (tertiary/aromatic N) is 1. The van der Waals surface area contributed by atoms with Crippen molar-refractivity contribution >= 4 is 11.8 Å². The molecule has 6 nitrogen and oxygen atoms in total. The van der Waals surface area contributed by atoms with Crippen LogP contribution in [0.1, 0.15) is 29.0 Å². The largest absolute Gasteiger partial charge is 0.488 e. The van der Waals surface area contributed by atoms with E-state index in [9.17, 15) is 4.79 Å². The Morgan fingerprint density at radius 2 is 1.74 bits per heavy atom. The van der Waals surface area contributed by atoms with Gasteiger partial charge in [0.15, 0.2) is 0 Å². The van der Waals surface area contributed by atoms with Crippen molar-refractivity contribution in [3.05, 3.63) is 83.4 Å². The number of benzene rings is 3. The van der Waals surface area contributed by atoms with Crippen LogP contribution in [0, 0.1) is 0 Å². The molecule has 1 atom stereocenters. The van der Waals surface area contributed by atoms with Gasteiger partial charge in [-0.15, -0.1) is 0 Å². The summed E-state index contributed by atoms with van der Waals surface area (Å²) in [4.78, 5) is 14.7. The van der Waals surface area contributed by atoms with Crippen molar-refractivity contribution in [2.24, 2.45) is 0 Å². The number of hydrogen-bond donors (Lipinski definition) is 2. The third-order valence-corrected chi connectivity index (χ3v) is 6.73. The van der Waals surface area contributed by atoms with Crippen LogP contribution in [0.25, 0.3) is 11.1 Å². The van der Waals surface area contributed by atoms with E-state index in [0.717, 1.165) is 37.4 Å². The van der Waals surface area contributed by atoms with Gasteiger partial charge in [0.25, 0.3) is 0 Å². The normalized spacial score (nSPS) is 15.8. The molecule has 0 fully saturated rings. The molecule has 1 heterocycles. The molecule has 182 valence electrons. The molecule has 3 aromatic carbocycles. The molecule has 0 bridgehead atoms. The molecule has 0 saturated heterocycles. The van der Waals surface area contributed by atoms with Gasteiger partial charge in [-0.1, -0.05) is 48.5 Å². The lowest BCUT2D eigenvalue weighted by Crippen LogP contribution is -2.35. The van der Waals surface area contributed by atoms with E-state index in [4.69, 9.17) is 9.47 Å². The Kier molecular flexibility index (Phi) is 6.91. The molecule has 35 heavy (non-hydrogen) atoms. The van der Waals surface area contributed by atoms with Gasteiger partial charge in [0.1, 0.15) is 18.5 Å². The van der Waals surface area contributed by atoms with Gasteiger partial charge in [-0.2, -0.15) is 0 Å². The Bertz CT molecular complexity index is 1150. The Balaban J connectivity index is 1.10. The second-order valence-corrected chi connectivity index (χ2v) is 9.56. The summed E-state index contributed by atoms with van der Waals surface area (Å²) in [5, 5.41) is 6.37. The summed E-state index contributed by atoms with van der Waals surface area (Å²) >= 11 is 0. The van der Waals surface area contributed by atoms with Gasteiger partial charge >= 0.3 is 6.09 Å². The minimum absolute atomic E-state index is 0.0591. The first-order valence-corrected chi connectivity index (χ1v) is 12.4. The van der Waals surface area contributed by atoms with Crippen molar-refractivity contribution in [2.45, 2.75) is 24.9 Å². The van der Waals surface area contributed by atoms with Crippen LogP contribution in [0.15, 0.2) is 66.7 Å². The predicted molar refractivity (Wildman–Crippen MR) is 139 cm³/mol. The highest BCUT2D eigenvalue weighted by atomic mass is 16.5. The Morgan fingerprint density at radius 3 is 2.46 bits per heavy atom. The van der Waals surface area contributed by atoms with Crippen molar-refractivity contribution in [2.75, 3.05) is 45.7 Å². The smallest absolute Gasteiger partial charge is 0.407 e. The fourth-order valence-corrected chi connectivity index (χ4v) is 5.02. The number of nitrogens with one attached hydrogen (secondary N) is 2. The number of hydrogen-bond acceptors (Lipinski definition) is 5. The lowest BCUT2D eigenvalue weighted by molar-refractivity contribution is 0.136. The lowest BCUT2D eigenvalue weighted by atomic mass is 9.98. The van der Waals surface area contributed by atoms with Gasteiger partial charge in [0.05, 0.1) is 6.54 Å². The van der Waals surface area contributed by atoms with E-state index in [0.29, 0.717) is 13.2 Å². The zero-order valence-corrected chi connectivity index (χ0v) is 20.4. The molecule has 2 N–H and O–H groups in total. The van der Waals surface area contributed by atoms with Crippen LogP contribution in [-0.2, 0) is 11.2 Å². The number of fused-ring (bicyclic) bond motifs is 4. The van der Waals surface area contributed by atoms with Crippen LogP contribution < -0.4 is 15.4 Å². The Morgan fingerprint density at radius 1 is 1.03 bits per heavy atom. The van der Waals surface area contributed by atoms with Crippen molar-refractivity contribution in [1.29, 1.82) is 0 Å². The van der Waals surface area contributed by atoms with Crippen molar-refractivity contribution < 1.29 is 14.3 Å². The predicted octanol–water partition coefficient (Wildman–Crippen LogP) is 4.89. The first-order chi connectivity index (χ1) is 17.1. The second kappa shape index (κ2) is 10.4. The van der Waals surface area contributed by atoms with Crippen LogP contribution in [0.3, 0.4) is 0 Å². The van der Waals surface area contributed by atoms with E-state index in [1.807, 2.05) is 18.2 Å². The first-order valence-electron chi connectivity index (χ1n) is 12.4. The minimum atomic E-state index is -0.408. The molecule has 1 aliphatic heterocycles. The summed E-state index contributed by atoms with van der Waals surface area (Å²) in [6, 6.07) is 22.9. The van der Waals surface area contributed by atoms with E-state index in [1.54, 1.807) is 0 Å². The first kappa shape index (κ1) is 23.2. The van der Waals surface area contributed by atoms with E-state index in [2.05, 4.69) is 78.2 Å². The molecule has 1 unspecified atom stereocenters. The number of alkyl carbamates (subject to hydrolysis) is 1. The van der Waals surface area contributed by atoms with Gasteiger partial charge < -0.3 is 25.0 Å². The molecule has 1 amide bonds. The molecule has 0 spiro atoms. The number of ether oxygens (including phenoxy) is 2. The van der Waals surface area contributed by atoms with Gasteiger partial charge in [0, 0.05) is 24.6 Å². The van der Waals surface area contributed by atoms with E-state index < -0.39 is 6.09 Å². The quantitative estimate of drug-likeness (QED) is 0.435. The fourth-order valence-electron chi connectivity index (χ4n) is 5.02. The molecule has 0 aromatic heterocycles. The molecule has 2 aliphatic rings. The molecule has 5 rings (SSSR count). The number of carbonyl (C=O) groups is 1. The zero-order valence-electron chi connectivity index (χ0n) is 20.4. The fraction of sp³-hybridized carbons (Fsp3) is 0.345. The molecular formula is C29H33N3O3. The van der Waals surface area contributed by atoms with Crippen LogP contribution in [0.2, 0.25) is 0 Å². The third kappa shape index (κ3) is 5.28. The molecule has 6 heteroatoms. The number of carbonyl (C=O) groups excluding carboxylic acids is 1. The average molecular weight is 472 g/mol. The summed E-state index contributed by atoms with van der Waals surface area (Å²) < 4.78 is 11.7. The lowest BCUT2D eigenvalue weighted by Gasteiger charge is -2.16. The Hall–Kier alpha value is -3.51. The summed E-state index contributed by atoms with van der Waals surface area (Å²) in [6.45, 7) is 2.72. The third-order valence-electron chi connectivity index (χ3n) is 6.73. The molecule has 0 radical (unpaired) electrons. The topological polar surface area (TPSA) is 62.8 Å². The van der Waals surface area contributed by atoms with Crippen molar-refractivity contribution in [3.8, 4) is 16.9 Å². The van der Waals surface area contributed by atoms with Crippen LogP contribution in [0.5, 0.6) is 5.75 Å². The van der Waals surface area contributed by atoms with Crippen LogP contribution in [0.4, 0.5) is 10.5 Å². The summed E-state index contributed by atoms with van der Waals surface area (Å²) in [5.74, 6) is 0.951. The molecule has 1 aliphatic carbocycles. The van der Waals surface area contributed by atoms with E-state index in [1.165, 1.54) is 27.8 Å². The van der Waals surface area contributed by atoms with Gasteiger partial charge in [-0.05, 0) is 73.1 Å². The maximum absolute atomic E-state index is 12.5. The van der Waals surface area contributed by atoms with Crippen molar-refractivity contribution in [3.63, 3.8) is 0 Å². The van der Waals surface area contributed by atoms with Crippen LogP contribution in [-0.4, -0.2) is 57.4 Å². The molecule has 0 saturated carbocycles. The van der Waals surface area contributed by atoms with E-state index >= 15 is 0 Å². The van der Waals surface area contributed by atoms with Gasteiger partial charge in [0.2, 0.25) is 0 Å². The van der Waals surface area contributed by atoms with Gasteiger partial charge in [-0.25, -0.2) is 4.79 Å². The molecular weight excluding hydrogens is 438 g/mol. The van der Waals surface area contributed by atoms with E-state index in [-0.39, 0.29) is 12.0 Å². The highest BCUT2D eigenvalue weighted by Crippen LogP contribution is 2.44. The van der Waals surface area contributed by atoms with Gasteiger partial charge in [-0.3, -0.25) is 0 Å². The summed E-state index contributed by atoms with van der Waals surface area (Å²) in [7, 11) is 4.17. The average Bonchev–Trinajstić information content (AvgIpc) is 3.42. The van der Waals surface area contributed by atoms with Crippen LogP contribution >= 0.6 is 0 Å². The second-order valence-electron chi connectivity index (χ2n) is 9.56. The summed E-state index contributed by atoms with van der Waals surface area (Å²) in [5.41, 5.74) is 7.14. The Labute approximate surface area is 207 Å². The minimum Gasteiger partial charge on any atom is -0.488 e.